The lowest BCUT2D eigenvalue weighted by molar-refractivity contribution is 0.374. The van der Waals surface area contributed by atoms with Gasteiger partial charge in [0.2, 0.25) is 5.88 Å². The van der Waals surface area contributed by atoms with E-state index in [4.69, 9.17) is 9.72 Å². The van der Waals surface area contributed by atoms with Gasteiger partial charge in [0.05, 0.1) is 12.8 Å². The molecule has 1 aliphatic carbocycles. The highest BCUT2D eigenvalue weighted by Crippen LogP contribution is 2.41. The molecule has 1 saturated carbocycles. The first-order chi connectivity index (χ1) is 9.63. The van der Waals surface area contributed by atoms with Gasteiger partial charge in [0.1, 0.15) is 11.4 Å². The summed E-state index contributed by atoms with van der Waals surface area (Å²) in [6.45, 7) is 1.95. The van der Waals surface area contributed by atoms with E-state index in [-0.39, 0.29) is 0 Å². The van der Waals surface area contributed by atoms with Crippen LogP contribution >= 0.6 is 0 Å². The molecule has 20 heavy (non-hydrogen) atoms. The third-order valence-electron chi connectivity index (χ3n) is 3.58. The molecule has 6 heteroatoms. The zero-order valence-electron chi connectivity index (χ0n) is 12.3. The second-order valence-electron chi connectivity index (χ2n) is 5.12. The molecule has 1 fully saturated rings. The largest absolute Gasteiger partial charge is 0.481 e. The van der Waals surface area contributed by atoms with Crippen LogP contribution in [0.2, 0.25) is 0 Å². The lowest BCUT2D eigenvalue weighted by atomic mass is 10.2. The Kier molecular flexibility index (Phi) is 3.08. The summed E-state index contributed by atoms with van der Waals surface area (Å²) in [5.74, 6) is 2.78. The van der Waals surface area contributed by atoms with Gasteiger partial charge in [-0.15, -0.1) is 0 Å². The first kappa shape index (κ1) is 12.9. The third kappa shape index (κ3) is 2.11. The quantitative estimate of drug-likeness (QED) is 0.924. The van der Waals surface area contributed by atoms with Gasteiger partial charge in [-0.3, -0.25) is 0 Å². The molecule has 2 aromatic heterocycles. The number of aromatic nitrogens is 4. The van der Waals surface area contributed by atoms with E-state index in [9.17, 15) is 0 Å². The van der Waals surface area contributed by atoms with Gasteiger partial charge in [-0.2, -0.15) is 5.10 Å². The number of aryl methyl sites for hydroxylation is 2. The molecule has 3 rings (SSSR count). The minimum absolute atomic E-state index is 0.576. The molecule has 0 atom stereocenters. The minimum Gasteiger partial charge on any atom is -0.481 e. The van der Waals surface area contributed by atoms with Gasteiger partial charge >= 0.3 is 0 Å². The topological polar surface area (TPSA) is 64.9 Å². The number of ether oxygens (including phenoxy) is 1. The van der Waals surface area contributed by atoms with Crippen LogP contribution in [0.1, 0.15) is 30.1 Å². The molecule has 0 unspecified atom stereocenters. The molecular weight excluding hydrogens is 254 g/mol. The van der Waals surface area contributed by atoms with Gasteiger partial charge in [-0.1, -0.05) is 0 Å². The zero-order chi connectivity index (χ0) is 14.3. The normalized spacial score (nSPS) is 14.4. The lowest BCUT2D eigenvalue weighted by Gasteiger charge is -2.08. The Hall–Kier alpha value is -2.11. The average molecular weight is 273 g/mol. The zero-order valence-corrected chi connectivity index (χ0v) is 12.3. The summed E-state index contributed by atoms with van der Waals surface area (Å²) in [7, 11) is 5.37. The second kappa shape index (κ2) is 4.77. The number of nitrogens with one attached hydrogen (secondary N) is 1. The van der Waals surface area contributed by atoms with E-state index in [1.165, 1.54) is 12.8 Å². The summed E-state index contributed by atoms with van der Waals surface area (Å²) in [5.41, 5.74) is 2.85. The molecule has 0 amide bonds. The van der Waals surface area contributed by atoms with Gasteiger partial charge in [0.25, 0.3) is 0 Å². The minimum atomic E-state index is 0.576. The van der Waals surface area contributed by atoms with Crippen molar-refractivity contribution < 1.29 is 4.74 Å². The predicted octanol–water partition coefficient (Wildman–Crippen LogP) is 2.11. The fraction of sp³-hybridized carbons (Fsp3) is 0.500. The summed E-state index contributed by atoms with van der Waals surface area (Å²) in [6.07, 6.45) is 2.42. The van der Waals surface area contributed by atoms with Crippen LogP contribution in [0.3, 0.4) is 0 Å². The molecule has 2 aromatic rings. The number of hydrogen-bond acceptors (Lipinski definition) is 5. The van der Waals surface area contributed by atoms with Gasteiger partial charge in [-0.05, 0) is 19.8 Å². The number of methoxy groups -OCH3 is 1. The van der Waals surface area contributed by atoms with Crippen LogP contribution in [-0.2, 0) is 7.05 Å². The van der Waals surface area contributed by atoms with Crippen LogP contribution < -0.4 is 10.1 Å². The van der Waals surface area contributed by atoms with Crippen molar-refractivity contribution in [1.29, 1.82) is 0 Å². The number of hydrogen-bond donors (Lipinski definition) is 1. The van der Waals surface area contributed by atoms with Crippen LogP contribution in [0, 0.1) is 6.92 Å². The van der Waals surface area contributed by atoms with Gasteiger partial charge in [-0.25, -0.2) is 14.6 Å². The van der Waals surface area contributed by atoms with Crippen LogP contribution in [0.5, 0.6) is 5.88 Å². The van der Waals surface area contributed by atoms with Crippen molar-refractivity contribution in [3.8, 4) is 17.3 Å². The van der Waals surface area contributed by atoms with Crippen molar-refractivity contribution in [3.05, 3.63) is 17.5 Å². The average Bonchev–Trinajstić information content (AvgIpc) is 3.24. The molecular formula is C14H19N5O. The van der Waals surface area contributed by atoms with E-state index >= 15 is 0 Å². The predicted molar refractivity (Wildman–Crippen MR) is 77.0 cm³/mol. The lowest BCUT2D eigenvalue weighted by Crippen LogP contribution is -2.02. The number of nitrogens with zero attached hydrogens (tertiary/aromatic N) is 4. The Labute approximate surface area is 118 Å². The van der Waals surface area contributed by atoms with Crippen molar-refractivity contribution in [3.63, 3.8) is 0 Å². The molecule has 0 radical (unpaired) electrons. The Morgan fingerprint density at radius 1 is 1.35 bits per heavy atom. The van der Waals surface area contributed by atoms with Crippen LogP contribution in [0.25, 0.3) is 11.4 Å². The van der Waals surface area contributed by atoms with Gasteiger partial charge in [0.15, 0.2) is 5.82 Å². The Balaban J connectivity index is 2.16. The van der Waals surface area contributed by atoms with Crippen molar-refractivity contribution in [1.82, 2.24) is 19.7 Å². The van der Waals surface area contributed by atoms with E-state index in [1.807, 2.05) is 27.1 Å². The summed E-state index contributed by atoms with van der Waals surface area (Å²) in [4.78, 5) is 9.27. The second-order valence-corrected chi connectivity index (χ2v) is 5.12. The molecule has 0 spiro atoms. The monoisotopic (exact) mass is 273 g/mol. The van der Waals surface area contributed by atoms with E-state index in [1.54, 1.807) is 11.8 Å². The van der Waals surface area contributed by atoms with Crippen molar-refractivity contribution in [2.45, 2.75) is 25.7 Å². The SMILES string of the molecule is CNc1cc(C2CC2)nc(-c2c(C)nn(C)c2OC)n1. The Bertz CT molecular complexity index is 645. The van der Waals surface area contributed by atoms with Crippen molar-refractivity contribution in [2.24, 2.45) is 7.05 Å². The van der Waals surface area contributed by atoms with Crippen LogP contribution in [0.15, 0.2) is 6.07 Å². The van der Waals surface area contributed by atoms with E-state index in [2.05, 4.69) is 15.4 Å². The fourth-order valence-electron chi connectivity index (χ4n) is 2.42. The first-order valence-electron chi connectivity index (χ1n) is 6.78. The van der Waals surface area contributed by atoms with Crippen LogP contribution in [-0.4, -0.2) is 33.9 Å². The molecule has 1 aliphatic rings. The molecule has 6 nitrogen and oxygen atoms in total. The third-order valence-corrected chi connectivity index (χ3v) is 3.58. The molecule has 2 heterocycles. The highest BCUT2D eigenvalue weighted by Gasteiger charge is 2.27. The maximum absolute atomic E-state index is 5.44. The molecule has 1 N–H and O–H groups in total. The fourth-order valence-corrected chi connectivity index (χ4v) is 2.42. The standard InChI is InChI=1S/C14H19N5O/c1-8-12(14(20-4)19(3)18-8)13-16-10(9-5-6-9)7-11(15-2)17-13/h7,9H,5-6H2,1-4H3,(H,15,16,17). The maximum Gasteiger partial charge on any atom is 0.222 e. The van der Waals surface area contributed by atoms with Crippen molar-refractivity contribution >= 4 is 5.82 Å². The molecule has 0 bridgehead atoms. The summed E-state index contributed by atoms with van der Waals surface area (Å²) >= 11 is 0. The number of rotatable bonds is 4. The summed E-state index contributed by atoms with van der Waals surface area (Å²) in [5, 5.41) is 7.50. The van der Waals surface area contributed by atoms with E-state index in [0.717, 1.165) is 22.8 Å². The highest BCUT2D eigenvalue weighted by molar-refractivity contribution is 5.66. The summed E-state index contributed by atoms with van der Waals surface area (Å²) in [6, 6.07) is 2.03. The molecule has 0 saturated heterocycles. The molecule has 106 valence electrons. The summed E-state index contributed by atoms with van der Waals surface area (Å²) < 4.78 is 7.16. The maximum atomic E-state index is 5.44. The van der Waals surface area contributed by atoms with Gasteiger partial charge in [0, 0.05) is 31.8 Å². The van der Waals surface area contributed by atoms with Crippen LogP contribution in [0.4, 0.5) is 5.82 Å². The Morgan fingerprint density at radius 3 is 2.70 bits per heavy atom. The van der Waals surface area contributed by atoms with E-state index in [0.29, 0.717) is 17.6 Å². The molecule has 0 aromatic carbocycles. The smallest absolute Gasteiger partial charge is 0.222 e. The Morgan fingerprint density at radius 2 is 2.10 bits per heavy atom. The highest BCUT2D eigenvalue weighted by atomic mass is 16.5. The number of anilines is 1. The molecule has 0 aliphatic heterocycles. The first-order valence-corrected chi connectivity index (χ1v) is 6.78. The van der Waals surface area contributed by atoms with Crippen molar-refractivity contribution in [2.75, 3.05) is 19.5 Å². The van der Waals surface area contributed by atoms with Gasteiger partial charge < -0.3 is 10.1 Å². The van der Waals surface area contributed by atoms with E-state index < -0.39 is 0 Å².